The SMILES string of the molecule is Cc1cccc(Nc2ccc(C(=O)Nc3ccccc3C#N)nn2)c1. The van der Waals surface area contributed by atoms with Crippen molar-refractivity contribution in [2.45, 2.75) is 6.92 Å². The van der Waals surface area contributed by atoms with E-state index in [0.717, 1.165) is 11.3 Å². The molecule has 0 bridgehead atoms. The van der Waals surface area contributed by atoms with Crippen LogP contribution in [-0.4, -0.2) is 16.1 Å². The summed E-state index contributed by atoms with van der Waals surface area (Å²) in [6.45, 7) is 2.00. The van der Waals surface area contributed by atoms with Crippen LogP contribution in [0.25, 0.3) is 0 Å². The molecule has 2 aromatic carbocycles. The minimum absolute atomic E-state index is 0.169. The van der Waals surface area contributed by atoms with Crippen molar-refractivity contribution in [1.82, 2.24) is 10.2 Å². The van der Waals surface area contributed by atoms with Gasteiger partial charge in [-0.3, -0.25) is 4.79 Å². The molecule has 0 saturated carbocycles. The highest BCUT2D eigenvalue weighted by atomic mass is 16.1. The molecule has 0 aliphatic rings. The number of hydrogen-bond acceptors (Lipinski definition) is 5. The van der Waals surface area contributed by atoms with Gasteiger partial charge in [-0.25, -0.2) is 0 Å². The van der Waals surface area contributed by atoms with Crippen LogP contribution in [-0.2, 0) is 0 Å². The third kappa shape index (κ3) is 3.98. The number of nitrogens with one attached hydrogen (secondary N) is 2. The summed E-state index contributed by atoms with van der Waals surface area (Å²) in [5.41, 5.74) is 3.03. The Labute approximate surface area is 145 Å². The summed E-state index contributed by atoms with van der Waals surface area (Å²) in [5, 5.41) is 22.8. The molecule has 2 N–H and O–H groups in total. The second kappa shape index (κ2) is 7.23. The summed E-state index contributed by atoms with van der Waals surface area (Å²) in [4.78, 5) is 12.3. The van der Waals surface area contributed by atoms with Crippen molar-refractivity contribution in [2.75, 3.05) is 10.6 Å². The molecule has 0 aliphatic heterocycles. The lowest BCUT2D eigenvalue weighted by Gasteiger charge is -2.08. The lowest BCUT2D eigenvalue weighted by molar-refractivity contribution is 0.102. The van der Waals surface area contributed by atoms with E-state index in [9.17, 15) is 4.79 Å². The maximum atomic E-state index is 12.3. The van der Waals surface area contributed by atoms with E-state index < -0.39 is 5.91 Å². The first-order valence-electron chi connectivity index (χ1n) is 7.63. The van der Waals surface area contributed by atoms with Crippen LogP contribution < -0.4 is 10.6 Å². The number of aryl methyl sites for hydroxylation is 1. The van der Waals surface area contributed by atoms with Crippen molar-refractivity contribution in [3.63, 3.8) is 0 Å². The van der Waals surface area contributed by atoms with Crippen LogP contribution in [0.15, 0.2) is 60.7 Å². The number of para-hydroxylation sites is 1. The van der Waals surface area contributed by atoms with E-state index in [2.05, 4.69) is 20.8 Å². The molecule has 6 heteroatoms. The maximum absolute atomic E-state index is 12.3. The molecule has 122 valence electrons. The monoisotopic (exact) mass is 329 g/mol. The van der Waals surface area contributed by atoms with E-state index in [1.807, 2.05) is 37.3 Å². The van der Waals surface area contributed by atoms with E-state index in [1.54, 1.807) is 36.4 Å². The number of nitrogens with zero attached hydrogens (tertiary/aromatic N) is 3. The summed E-state index contributed by atoms with van der Waals surface area (Å²) >= 11 is 0. The molecule has 1 aromatic heterocycles. The van der Waals surface area contributed by atoms with E-state index in [-0.39, 0.29) is 5.69 Å². The van der Waals surface area contributed by atoms with Gasteiger partial charge in [0, 0.05) is 5.69 Å². The molecule has 3 aromatic rings. The number of anilines is 3. The predicted molar refractivity (Wildman–Crippen MR) is 95.6 cm³/mol. The van der Waals surface area contributed by atoms with Crippen molar-refractivity contribution < 1.29 is 4.79 Å². The molecule has 25 heavy (non-hydrogen) atoms. The Morgan fingerprint density at radius 3 is 2.60 bits per heavy atom. The number of carbonyl (C=O) groups excluding carboxylic acids is 1. The van der Waals surface area contributed by atoms with E-state index >= 15 is 0 Å². The van der Waals surface area contributed by atoms with Gasteiger partial charge in [-0.2, -0.15) is 5.26 Å². The van der Waals surface area contributed by atoms with Gasteiger partial charge in [0.2, 0.25) is 0 Å². The molecular formula is C19H15N5O. The molecule has 1 heterocycles. The second-order valence-electron chi connectivity index (χ2n) is 5.41. The Morgan fingerprint density at radius 1 is 1.04 bits per heavy atom. The number of aromatic nitrogens is 2. The lowest BCUT2D eigenvalue weighted by Crippen LogP contribution is -2.15. The van der Waals surface area contributed by atoms with Crippen molar-refractivity contribution in [3.8, 4) is 6.07 Å². The van der Waals surface area contributed by atoms with Gasteiger partial charge in [0.05, 0.1) is 11.3 Å². The number of benzene rings is 2. The highest BCUT2D eigenvalue weighted by Gasteiger charge is 2.11. The minimum atomic E-state index is -0.419. The van der Waals surface area contributed by atoms with Crippen molar-refractivity contribution in [2.24, 2.45) is 0 Å². The van der Waals surface area contributed by atoms with Crippen LogP contribution in [0.2, 0.25) is 0 Å². The van der Waals surface area contributed by atoms with Crippen LogP contribution in [0, 0.1) is 18.3 Å². The van der Waals surface area contributed by atoms with E-state index in [4.69, 9.17) is 5.26 Å². The quantitative estimate of drug-likeness (QED) is 0.762. The van der Waals surface area contributed by atoms with Crippen LogP contribution in [0.3, 0.4) is 0 Å². The van der Waals surface area contributed by atoms with Gasteiger partial charge >= 0.3 is 0 Å². The normalized spacial score (nSPS) is 9.92. The Hall–Kier alpha value is -3.72. The first-order chi connectivity index (χ1) is 12.2. The fourth-order valence-corrected chi connectivity index (χ4v) is 2.27. The van der Waals surface area contributed by atoms with E-state index in [1.165, 1.54) is 0 Å². The van der Waals surface area contributed by atoms with Crippen molar-refractivity contribution in [1.29, 1.82) is 5.26 Å². The molecule has 6 nitrogen and oxygen atoms in total. The van der Waals surface area contributed by atoms with Gasteiger partial charge in [-0.15, -0.1) is 10.2 Å². The molecule has 0 spiro atoms. The largest absolute Gasteiger partial charge is 0.339 e. The van der Waals surface area contributed by atoms with Crippen LogP contribution in [0.1, 0.15) is 21.6 Å². The number of amides is 1. The van der Waals surface area contributed by atoms with Crippen molar-refractivity contribution in [3.05, 3.63) is 77.5 Å². The van der Waals surface area contributed by atoms with Gasteiger partial charge in [0.25, 0.3) is 5.91 Å². The van der Waals surface area contributed by atoms with Gasteiger partial charge in [-0.05, 0) is 48.9 Å². The Balaban J connectivity index is 1.71. The zero-order valence-corrected chi connectivity index (χ0v) is 13.5. The first kappa shape index (κ1) is 16.1. The Kier molecular flexibility index (Phi) is 4.67. The fraction of sp³-hybridized carbons (Fsp3) is 0.0526. The summed E-state index contributed by atoms with van der Waals surface area (Å²) in [7, 11) is 0. The second-order valence-corrected chi connectivity index (χ2v) is 5.41. The molecule has 0 fully saturated rings. The molecule has 0 aliphatic carbocycles. The van der Waals surface area contributed by atoms with Crippen LogP contribution >= 0.6 is 0 Å². The van der Waals surface area contributed by atoms with Crippen molar-refractivity contribution >= 4 is 23.1 Å². The summed E-state index contributed by atoms with van der Waals surface area (Å²) in [5.74, 6) is 0.122. The number of rotatable bonds is 4. The standard InChI is InChI=1S/C19H15N5O/c1-13-5-4-7-15(11-13)21-18-10-9-17(23-24-18)19(25)22-16-8-3-2-6-14(16)12-20/h2-11H,1H3,(H,21,24)(H,22,25). The molecule has 1 amide bonds. The average molecular weight is 329 g/mol. The van der Waals surface area contributed by atoms with Crippen LogP contribution in [0.5, 0.6) is 0 Å². The zero-order valence-electron chi connectivity index (χ0n) is 13.5. The van der Waals surface area contributed by atoms with Gasteiger partial charge < -0.3 is 10.6 Å². The maximum Gasteiger partial charge on any atom is 0.276 e. The van der Waals surface area contributed by atoms with Gasteiger partial charge in [0.15, 0.2) is 11.5 Å². The third-order valence-corrected chi connectivity index (χ3v) is 3.48. The Morgan fingerprint density at radius 2 is 1.88 bits per heavy atom. The van der Waals surface area contributed by atoms with Gasteiger partial charge in [-0.1, -0.05) is 24.3 Å². The van der Waals surface area contributed by atoms with Crippen LogP contribution in [0.4, 0.5) is 17.2 Å². The average Bonchev–Trinajstić information content (AvgIpc) is 2.63. The molecule has 0 saturated heterocycles. The summed E-state index contributed by atoms with van der Waals surface area (Å²) < 4.78 is 0. The number of carbonyl (C=O) groups is 1. The molecule has 0 atom stereocenters. The summed E-state index contributed by atoms with van der Waals surface area (Å²) in [6.07, 6.45) is 0. The highest BCUT2D eigenvalue weighted by molar-refractivity contribution is 6.03. The minimum Gasteiger partial charge on any atom is -0.339 e. The topological polar surface area (TPSA) is 90.7 Å². The number of hydrogen-bond donors (Lipinski definition) is 2. The summed E-state index contributed by atoms with van der Waals surface area (Å²) in [6, 6.07) is 19.9. The fourth-order valence-electron chi connectivity index (χ4n) is 2.27. The molecule has 0 radical (unpaired) electrons. The molecule has 0 unspecified atom stereocenters. The predicted octanol–water partition coefficient (Wildman–Crippen LogP) is 3.65. The lowest BCUT2D eigenvalue weighted by atomic mass is 10.2. The number of nitriles is 1. The Bertz CT molecular complexity index is 945. The molecule has 3 rings (SSSR count). The third-order valence-electron chi connectivity index (χ3n) is 3.48. The van der Waals surface area contributed by atoms with E-state index in [0.29, 0.717) is 17.1 Å². The smallest absolute Gasteiger partial charge is 0.276 e. The van der Waals surface area contributed by atoms with Gasteiger partial charge in [0.1, 0.15) is 6.07 Å². The molecular weight excluding hydrogens is 314 g/mol. The zero-order chi connectivity index (χ0) is 17.6. The highest BCUT2D eigenvalue weighted by Crippen LogP contribution is 2.17. The first-order valence-corrected chi connectivity index (χ1v) is 7.63.